The molecule has 1 N–H and O–H groups in total. The predicted octanol–water partition coefficient (Wildman–Crippen LogP) is 1.81. The van der Waals surface area contributed by atoms with Gasteiger partial charge in [-0.3, -0.25) is 0 Å². The summed E-state index contributed by atoms with van der Waals surface area (Å²) in [6.07, 6.45) is 1.28. The maximum absolute atomic E-state index is 6.41. The maximum Gasteiger partial charge on any atom is 0.0790 e. The average molecular weight is 297 g/mol. The van der Waals surface area contributed by atoms with Crippen LogP contribution in [0.4, 0.5) is 0 Å². The highest BCUT2D eigenvalue weighted by atomic mass is 16.5. The Morgan fingerprint density at radius 2 is 1.76 bits per heavy atom. The van der Waals surface area contributed by atoms with Gasteiger partial charge in [0.05, 0.1) is 11.2 Å². The van der Waals surface area contributed by atoms with Gasteiger partial charge in [0.1, 0.15) is 0 Å². The lowest BCUT2D eigenvalue weighted by Gasteiger charge is -2.34. The lowest BCUT2D eigenvalue weighted by atomic mass is 9.82. The van der Waals surface area contributed by atoms with Crippen LogP contribution in [-0.4, -0.2) is 73.4 Å². The first-order chi connectivity index (χ1) is 9.76. The Morgan fingerprint density at radius 3 is 2.43 bits per heavy atom. The van der Waals surface area contributed by atoms with E-state index in [1.54, 1.807) is 0 Å². The molecule has 0 bridgehead atoms. The number of nitrogens with zero attached hydrogens (tertiary/aromatic N) is 2. The molecule has 0 aromatic carbocycles. The van der Waals surface area contributed by atoms with Gasteiger partial charge in [-0.1, -0.05) is 6.92 Å². The van der Waals surface area contributed by atoms with Gasteiger partial charge < -0.3 is 19.9 Å². The third-order valence-electron chi connectivity index (χ3n) is 5.26. The third kappa shape index (κ3) is 3.98. The van der Waals surface area contributed by atoms with E-state index in [0.29, 0.717) is 12.0 Å². The number of ether oxygens (including phenoxy) is 1. The summed E-state index contributed by atoms with van der Waals surface area (Å²) in [5, 5.41) is 3.69. The first-order valence-corrected chi connectivity index (χ1v) is 8.60. The van der Waals surface area contributed by atoms with Crippen molar-refractivity contribution in [3.63, 3.8) is 0 Å². The summed E-state index contributed by atoms with van der Waals surface area (Å²) >= 11 is 0. The van der Waals surface area contributed by atoms with Crippen LogP contribution < -0.4 is 5.32 Å². The minimum absolute atomic E-state index is 0.0610. The number of rotatable bonds is 4. The minimum atomic E-state index is -0.0905. The van der Waals surface area contributed by atoms with E-state index in [0.717, 1.165) is 13.1 Å². The molecule has 0 aromatic rings. The van der Waals surface area contributed by atoms with E-state index >= 15 is 0 Å². The van der Waals surface area contributed by atoms with Crippen molar-refractivity contribution in [2.24, 2.45) is 5.92 Å². The summed E-state index contributed by atoms with van der Waals surface area (Å²) < 4.78 is 6.41. The quantitative estimate of drug-likeness (QED) is 0.856. The van der Waals surface area contributed by atoms with Crippen LogP contribution in [0.2, 0.25) is 0 Å². The zero-order valence-corrected chi connectivity index (χ0v) is 14.9. The average Bonchev–Trinajstić information content (AvgIpc) is 2.52. The molecule has 2 atom stereocenters. The summed E-state index contributed by atoms with van der Waals surface area (Å²) in [6, 6.07) is 0.429. The van der Waals surface area contributed by atoms with Crippen LogP contribution in [-0.2, 0) is 4.74 Å². The van der Waals surface area contributed by atoms with Crippen LogP contribution in [0.25, 0.3) is 0 Å². The summed E-state index contributed by atoms with van der Waals surface area (Å²) in [5.41, 5.74) is -0.151. The second-order valence-electron chi connectivity index (χ2n) is 7.91. The summed E-state index contributed by atoms with van der Waals surface area (Å²) in [4.78, 5) is 5.09. The van der Waals surface area contributed by atoms with Crippen molar-refractivity contribution in [1.82, 2.24) is 15.1 Å². The molecule has 2 saturated heterocycles. The van der Waals surface area contributed by atoms with Crippen LogP contribution in [0.3, 0.4) is 0 Å². The van der Waals surface area contributed by atoms with Gasteiger partial charge >= 0.3 is 0 Å². The Morgan fingerprint density at radius 1 is 1.05 bits per heavy atom. The van der Waals surface area contributed by atoms with Crippen molar-refractivity contribution in [2.75, 3.05) is 46.3 Å². The molecule has 4 nitrogen and oxygen atoms in total. The molecule has 2 rings (SSSR count). The van der Waals surface area contributed by atoms with Crippen LogP contribution in [0.15, 0.2) is 0 Å². The lowest BCUT2D eigenvalue weighted by Crippen LogP contribution is -2.51. The fraction of sp³-hybridized carbons (Fsp3) is 1.00. The van der Waals surface area contributed by atoms with Crippen LogP contribution >= 0.6 is 0 Å². The van der Waals surface area contributed by atoms with Gasteiger partial charge in [-0.2, -0.15) is 0 Å². The van der Waals surface area contributed by atoms with Gasteiger partial charge in [-0.15, -0.1) is 0 Å². The van der Waals surface area contributed by atoms with Gasteiger partial charge in [0, 0.05) is 31.6 Å². The Hall–Kier alpha value is -0.160. The SMILES string of the molecule is CCNC1C(CN2CCCN(C)CC2)C(C)(C)OC1(C)C. The van der Waals surface area contributed by atoms with Crippen molar-refractivity contribution < 1.29 is 4.74 Å². The second kappa shape index (κ2) is 6.53. The monoisotopic (exact) mass is 297 g/mol. The van der Waals surface area contributed by atoms with Gasteiger partial charge in [0.25, 0.3) is 0 Å². The third-order valence-corrected chi connectivity index (χ3v) is 5.26. The maximum atomic E-state index is 6.41. The van der Waals surface area contributed by atoms with Crippen LogP contribution in [0, 0.1) is 5.92 Å². The first-order valence-electron chi connectivity index (χ1n) is 8.60. The molecule has 21 heavy (non-hydrogen) atoms. The van der Waals surface area contributed by atoms with E-state index in [9.17, 15) is 0 Å². The molecular formula is C17H35N3O. The highest BCUT2D eigenvalue weighted by Gasteiger charge is 2.53. The van der Waals surface area contributed by atoms with Crippen molar-refractivity contribution in [1.29, 1.82) is 0 Å². The van der Waals surface area contributed by atoms with Gasteiger partial charge in [-0.25, -0.2) is 0 Å². The van der Waals surface area contributed by atoms with Crippen molar-refractivity contribution in [2.45, 2.75) is 58.3 Å². The van der Waals surface area contributed by atoms with Crippen molar-refractivity contribution in [3.05, 3.63) is 0 Å². The molecule has 124 valence electrons. The normalized spacial score (nSPS) is 34.0. The predicted molar refractivity (Wildman–Crippen MR) is 88.8 cm³/mol. The van der Waals surface area contributed by atoms with Crippen molar-refractivity contribution in [3.8, 4) is 0 Å². The summed E-state index contributed by atoms with van der Waals surface area (Å²) in [6.45, 7) is 18.1. The fourth-order valence-corrected chi connectivity index (χ4v) is 4.20. The second-order valence-corrected chi connectivity index (χ2v) is 7.91. The van der Waals surface area contributed by atoms with E-state index in [-0.39, 0.29) is 11.2 Å². The Kier molecular flexibility index (Phi) is 5.35. The van der Waals surface area contributed by atoms with E-state index in [2.05, 4.69) is 56.8 Å². The molecule has 0 radical (unpaired) electrons. The smallest absolute Gasteiger partial charge is 0.0790 e. The van der Waals surface area contributed by atoms with Gasteiger partial charge in [0.2, 0.25) is 0 Å². The lowest BCUT2D eigenvalue weighted by molar-refractivity contribution is -0.0795. The summed E-state index contributed by atoms with van der Waals surface area (Å²) in [5.74, 6) is 0.538. The van der Waals surface area contributed by atoms with E-state index < -0.39 is 0 Å². The topological polar surface area (TPSA) is 27.7 Å². The molecule has 0 aromatic heterocycles. The Balaban J connectivity index is 2.07. The highest BCUT2D eigenvalue weighted by Crippen LogP contribution is 2.42. The molecule has 2 aliphatic rings. The van der Waals surface area contributed by atoms with Gasteiger partial charge in [-0.05, 0) is 60.8 Å². The number of nitrogens with one attached hydrogen (secondary N) is 1. The van der Waals surface area contributed by atoms with Crippen LogP contribution in [0.5, 0.6) is 0 Å². The molecule has 2 unspecified atom stereocenters. The molecule has 2 fully saturated rings. The van der Waals surface area contributed by atoms with E-state index in [1.807, 2.05) is 0 Å². The molecule has 0 spiro atoms. The van der Waals surface area contributed by atoms with E-state index in [1.165, 1.54) is 32.6 Å². The largest absolute Gasteiger partial charge is 0.368 e. The molecule has 0 saturated carbocycles. The molecule has 2 heterocycles. The number of hydrogen-bond donors (Lipinski definition) is 1. The molecule has 4 heteroatoms. The van der Waals surface area contributed by atoms with Crippen LogP contribution in [0.1, 0.15) is 41.0 Å². The van der Waals surface area contributed by atoms with Crippen molar-refractivity contribution >= 4 is 0 Å². The molecule has 2 aliphatic heterocycles. The Bertz CT molecular complexity index is 343. The Labute approximate surface area is 131 Å². The number of hydrogen-bond acceptors (Lipinski definition) is 4. The van der Waals surface area contributed by atoms with Gasteiger partial charge in [0.15, 0.2) is 0 Å². The van der Waals surface area contributed by atoms with E-state index in [4.69, 9.17) is 4.74 Å². The zero-order chi connectivity index (χ0) is 15.7. The zero-order valence-electron chi connectivity index (χ0n) is 14.9. The number of likely N-dealkylation sites (N-methyl/N-ethyl adjacent to an activating group) is 2. The molecular weight excluding hydrogens is 262 g/mol. The highest BCUT2D eigenvalue weighted by molar-refractivity contribution is 5.06. The minimum Gasteiger partial charge on any atom is -0.368 e. The molecule has 0 aliphatic carbocycles. The summed E-state index contributed by atoms with van der Waals surface area (Å²) in [7, 11) is 2.23. The standard InChI is InChI=1S/C17H35N3O/c1-7-18-15-14(16(2,3)21-17(15,4)5)13-20-10-8-9-19(6)11-12-20/h14-15,18H,7-13H2,1-6H3. The fourth-order valence-electron chi connectivity index (χ4n) is 4.20. The first kappa shape index (κ1) is 17.2. The molecule has 0 amide bonds.